The predicted octanol–water partition coefficient (Wildman–Crippen LogP) is 5.73. The lowest BCUT2D eigenvalue weighted by molar-refractivity contribution is -0.165. The van der Waals surface area contributed by atoms with Gasteiger partial charge in [-0.2, -0.15) is 0 Å². The molecule has 0 bridgehead atoms. The first kappa shape index (κ1) is 25.0. The third-order valence-electron chi connectivity index (χ3n) is 6.79. The van der Waals surface area contributed by atoms with Crippen LogP contribution in [0.4, 0.5) is 0 Å². The maximum Gasteiger partial charge on any atom is 0.313 e. The molecule has 0 saturated heterocycles. The Morgan fingerprint density at radius 3 is 2.25 bits per heavy atom. The number of nitrogens with one attached hydrogen (secondary N) is 2. The van der Waals surface area contributed by atoms with Crippen LogP contribution in [0.2, 0.25) is 0 Å². The van der Waals surface area contributed by atoms with Gasteiger partial charge >= 0.3 is 5.97 Å². The monoisotopic (exact) mass is 440 g/mol. The molecule has 2 fully saturated rings. The molecule has 0 unspecified atom stereocenters. The molecule has 2 saturated carbocycles. The molecule has 2 atom stereocenters. The molecule has 0 aromatic heterocycles. The summed E-state index contributed by atoms with van der Waals surface area (Å²) < 4.78 is 5.59. The highest BCUT2D eigenvalue weighted by Crippen LogP contribution is 2.40. The van der Waals surface area contributed by atoms with Gasteiger partial charge in [-0.05, 0) is 84.6 Å². The van der Waals surface area contributed by atoms with Crippen molar-refractivity contribution in [3.8, 4) is 0 Å². The summed E-state index contributed by atoms with van der Waals surface area (Å²) in [6.45, 7) is 12.7. The summed E-state index contributed by atoms with van der Waals surface area (Å²) in [5.41, 5.74) is 1.95. The van der Waals surface area contributed by atoms with Gasteiger partial charge in [-0.25, -0.2) is 0 Å². The largest absolute Gasteiger partial charge is 0.460 e. The molecular weight excluding hydrogens is 396 g/mol. The van der Waals surface area contributed by atoms with Crippen molar-refractivity contribution in [2.75, 3.05) is 6.54 Å². The lowest BCUT2D eigenvalue weighted by Crippen LogP contribution is -2.46. The molecule has 4 nitrogen and oxygen atoms in total. The van der Waals surface area contributed by atoms with Crippen LogP contribution in [-0.4, -0.2) is 36.2 Å². The van der Waals surface area contributed by atoms with Gasteiger partial charge in [-0.15, -0.1) is 0 Å². The van der Waals surface area contributed by atoms with Crippen LogP contribution in [0.25, 0.3) is 6.08 Å². The molecule has 2 aliphatic rings. The molecule has 1 aromatic carbocycles. The second-order valence-electron chi connectivity index (χ2n) is 11.4. The van der Waals surface area contributed by atoms with Crippen molar-refractivity contribution in [3.05, 3.63) is 41.5 Å². The van der Waals surface area contributed by atoms with Crippen molar-refractivity contribution in [2.45, 2.75) is 104 Å². The molecule has 0 spiro atoms. The highest BCUT2D eigenvalue weighted by molar-refractivity contribution is 5.76. The lowest BCUT2D eigenvalue weighted by atomic mass is 9.88. The van der Waals surface area contributed by atoms with Crippen LogP contribution in [0.5, 0.6) is 0 Å². The van der Waals surface area contributed by atoms with Gasteiger partial charge in [0.1, 0.15) is 5.60 Å². The molecule has 2 N–H and O–H groups in total. The van der Waals surface area contributed by atoms with Gasteiger partial charge in [0.2, 0.25) is 0 Å². The molecule has 1 aromatic rings. The molecule has 0 radical (unpaired) electrons. The Labute approximate surface area is 195 Å². The third kappa shape index (κ3) is 7.45. The molecule has 32 heavy (non-hydrogen) atoms. The number of carbonyl (C=O) groups is 1. The summed E-state index contributed by atoms with van der Waals surface area (Å²) in [5.74, 6) is 0.577. The first-order valence-corrected chi connectivity index (χ1v) is 12.6. The van der Waals surface area contributed by atoms with Crippen molar-refractivity contribution in [1.29, 1.82) is 0 Å². The van der Waals surface area contributed by atoms with Crippen molar-refractivity contribution in [1.82, 2.24) is 10.6 Å². The van der Waals surface area contributed by atoms with Crippen molar-refractivity contribution in [2.24, 2.45) is 11.3 Å². The molecule has 0 aliphatic heterocycles. The smallest absolute Gasteiger partial charge is 0.313 e. The Kier molecular flexibility index (Phi) is 8.21. The number of benzene rings is 1. The Hall–Kier alpha value is -1.65. The van der Waals surface area contributed by atoms with E-state index in [1.54, 1.807) is 5.57 Å². The molecule has 2 aliphatic carbocycles. The van der Waals surface area contributed by atoms with Gasteiger partial charge in [0, 0.05) is 24.7 Å². The first-order valence-electron chi connectivity index (χ1n) is 12.6. The van der Waals surface area contributed by atoms with E-state index in [1.807, 2.05) is 34.6 Å². The van der Waals surface area contributed by atoms with E-state index in [0.717, 1.165) is 6.42 Å². The van der Waals surface area contributed by atoms with Crippen LogP contribution in [0.3, 0.4) is 0 Å². The second kappa shape index (κ2) is 10.5. The fourth-order valence-corrected chi connectivity index (χ4v) is 4.68. The predicted molar refractivity (Wildman–Crippen MR) is 133 cm³/mol. The zero-order valence-corrected chi connectivity index (χ0v) is 21.0. The van der Waals surface area contributed by atoms with E-state index in [0.29, 0.717) is 30.6 Å². The van der Waals surface area contributed by atoms with Crippen LogP contribution in [0.15, 0.2) is 35.9 Å². The normalized spacial score (nSPS) is 26.6. The highest BCUT2D eigenvalue weighted by atomic mass is 16.6. The number of rotatable bonds is 9. The quantitative estimate of drug-likeness (QED) is 0.482. The number of ether oxygens (including phenoxy) is 1. The van der Waals surface area contributed by atoms with Crippen LogP contribution < -0.4 is 10.6 Å². The fraction of sp³-hybridized carbons (Fsp3) is 0.679. The zero-order chi connectivity index (χ0) is 23.4. The summed E-state index contributed by atoms with van der Waals surface area (Å²) in [6.07, 6.45) is 9.53. The van der Waals surface area contributed by atoms with Crippen molar-refractivity contribution >= 4 is 12.0 Å². The van der Waals surface area contributed by atoms with Gasteiger partial charge in [0.15, 0.2) is 0 Å². The highest BCUT2D eigenvalue weighted by Gasteiger charge is 2.40. The average molecular weight is 441 g/mol. The summed E-state index contributed by atoms with van der Waals surface area (Å²) in [4.78, 5) is 12.5. The second-order valence-corrected chi connectivity index (χ2v) is 11.4. The lowest BCUT2D eigenvalue weighted by Gasteiger charge is -2.33. The minimum atomic E-state index is -0.509. The van der Waals surface area contributed by atoms with E-state index in [-0.39, 0.29) is 5.97 Å². The summed E-state index contributed by atoms with van der Waals surface area (Å²) in [5, 5.41) is 7.58. The van der Waals surface area contributed by atoms with E-state index in [9.17, 15) is 4.79 Å². The van der Waals surface area contributed by atoms with Gasteiger partial charge in [0.05, 0.1) is 5.41 Å². The van der Waals surface area contributed by atoms with Gasteiger partial charge in [-0.3, -0.25) is 4.79 Å². The molecule has 4 heteroatoms. The molecule has 3 rings (SSSR count). The van der Waals surface area contributed by atoms with Gasteiger partial charge in [0.25, 0.3) is 0 Å². The van der Waals surface area contributed by atoms with Crippen LogP contribution in [0.1, 0.15) is 85.6 Å². The van der Waals surface area contributed by atoms with E-state index >= 15 is 0 Å². The summed E-state index contributed by atoms with van der Waals surface area (Å²) in [7, 11) is 0. The Bertz CT molecular complexity index is 770. The van der Waals surface area contributed by atoms with E-state index < -0.39 is 11.0 Å². The maximum atomic E-state index is 12.5. The van der Waals surface area contributed by atoms with E-state index in [1.165, 1.54) is 37.7 Å². The number of hydrogen-bond acceptors (Lipinski definition) is 4. The maximum absolute atomic E-state index is 12.5. The molecule has 0 amide bonds. The van der Waals surface area contributed by atoms with Crippen LogP contribution in [-0.2, 0) is 9.53 Å². The van der Waals surface area contributed by atoms with E-state index in [2.05, 4.69) is 54.0 Å². The minimum Gasteiger partial charge on any atom is -0.460 e. The number of esters is 1. The number of carbonyl (C=O) groups excluding carboxylic acids is 1. The standard InChI is InChI=1S/C28H44N2O2/c1-7-21(17-20-11-9-8-10-12-20)24-18-25(24)30-23-15-13-22(14-16-23)29-19-28(5,6)26(31)32-27(2,3)4/h8-12,17,22-25,29-30H,7,13-16,18-19H2,1-6H3/b21-17+/t22-,23-,24-,25+/m1/s1. The Morgan fingerprint density at radius 1 is 1.03 bits per heavy atom. The Morgan fingerprint density at radius 2 is 1.66 bits per heavy atom. The van der Waals surface area contributed by atoms with Crippen LogP contribution in [0, 0.1) is 11.3 Å². The minimum absolute atomic E-state index is 0.122. The SMILES string of the molecule is CC/C(=C\c1ccccc1)[C@H]1C[C@@H]1N[C@H]1CC[C@H](NCC(C)(C)C(=O)OC(C)(C)C)CC1. The van der Waals surface area contributed by atoms with Crippen LogP contribution >= 0.6 is 0 Å². The summed E-state index contributed by atoms with van der Waals surface area (Å²) in [6, 6.07) is 12.5. The fourth-order valence-electron chi connectivity index (χ4n) is 4.68. The van der Waals surface area contributed by atoms with E-state index in [4.69, 9.17) is 4.74 Å². The Balaban J connectivity index is 1.39. The van der Waals surface area contributed by atoms with Crippen molar-refractivity contribution in [3.63, 3.8) is 0 Å². The zero-order valence-electron chi connectivity index (χ0n) is 21.0. The topological polar surface area (TPSA) is 50.4 Å². The number of hydrogen-bond donors (Lipinski definition) is 2. The third-order valence-corrected chi connectivity index (χ3v) is 6.79. The first-order chi connectivity index (χ1) is 15.1. The van der Waals surface area contributed by atoms with Crippen molar-refractivity contribution < 1.29 is 9.53 Å². The molecule has 178 valence electrons. The summed E-state index contributed by atoms with van der Waals surface area (Å²) >= 11 is 0. The average Bonchev–Trinajstić information content (AvgIpc) is 3.50. The molecular formula is C28H44N2O2. The van der Waals surface area contributed by atoms with Gasteiger partial charge < -0.3 is 15.4 Å². The van der Waals surface area contributed by atoms with Gasteiger partial charge in [-0.1, -0.05) is 48.9 Å². The molecule has 0 heterocycles.